The van der Waals surface area contributed by atoms with Gasteiger partial charge in [-0.1, -0.05) is 48.0 Å². The summed E-state index contributed by atoms with van der Waals surface area (Å²) in [5.74, 6) is 0.820. The molecule has 0 bridgehead atoms. The number of nitrogens with one attached hydrogen (secondary N) is 2. The molecule has 3 aromatic rings. The number of thiocarbonyl (C=S) groups is 1. The zero-order valence-electron chi connectivity index (χ0n) is 15.1. The highest BCUT2D eigenvalue weighted by molar-refractivity contribution is 7.80. The quantitative estimate of drug-likeness (QED) is 0.366. The highest BCUT2D eigenvalue weighted by Gasteiger charge is 1.97. The smallest absolute Gasteiger partial charge is 0.191 e. The van der Waals surface area contributed by atoms with Crippen LogP contribution < -0.4 is 15.5 Å². The van der Waals surface area contributed by atoms with E-state index in [9.17, 15) is 0 Å². The molecule has 0 unspecified atom stereocenters. The van der Waals surface area contributed by atoms with Crippen molar-refractivity contribution in [2.45, 2.75) is 13.5 Å². The number of nitrogens with zero attached hydrogens (tertiary/aromatic N) is 1. The Balaban J connectivity index is 1.46. The Labute approximate surface area is 164 Å². The molecule has 0 atom stereocenters. The summed E-state index contributed by atoms with van der Waals surface area (Å²) in [4.78, 5) is 0. The van der Waals surface area contributed by atoms with Gasteiger partial charge in [-0.3, -0.25) is 5.43 Å². The van der Waals surface area contributed by atoms with Gasteiger partial charge in [0, 0.05) is 5.69 Å². The molecule has 0 radical (unpaired) electrons. The van der Waals surface area contributed by atoms with E-state index >= 15 is 0 Å². The van der Waals surface area contributed by atoms with Crippen molar-refractivity contribution in [1.82, 2.24) is 5.43 Å². The molecule has 3 rings (SSSR count). The molecule has 0 aromatic heterocycles. The number of ether oxygens (including phenoxy) is 1. The van der Waals surface area contributed by atoms with Crippen molar-refractivity contribution in [1.29, 1.82) is 0 Å². The molecule has 0 aliphatic rings. The summed E-state index contributed by atoms with van der Waals surface area (Å²) in [6.45, 7) is 2.59. The van der Waals surface area contributed by atoms with Crippen LogP contribution in [0.25, 0.3) is 0 Å². The van der Waals surface area contributed by atoms with Crippen LogP contribution in [-0.2, 0) is 6.61 Å². The zero-order valence-corrected chi connectivity index (χ0v) is 15.9. The maximum absolute atomic E-state index is 5.77. The highest BCUT2D eigenvalue weighted by atomic mass is 32.1. The van der Waals surface area contributed by atoms with Crippen molar-refractivity contribution in [3.8, 4) is 5.75 Å². The van der Waals surface area contributed by atoms with E-state index in [4.69, 9.17) is 17.0 Å². The Bertz CT molecular complexity index is 891. The first-order chi connectivity index (χ1) is 13.2. The number of rotatable bonds is 6. The van der Waals surface area contributed by atoms with Crippen LogP contribution in [0.5, 0.6) is 5.75 Å². The molecular formula is C22H21N3OS. The van der Waals surface area contributed by atoms with Gasteiger partial charge in [-0.15, -0.1) is 0 Å². The van der Waals surface area contributed by atoms with E-state index < -0.39 is 0 Å². The van der Waals surface area contributed by atoms with Gasteiger partial charge in [-0.05, 0) is 66.7 Å². The topological polar surface area (TPSA) is 45.7 Å². The predicted octanol–water partition coefficient (Wildman–Crippen LogP) is 4.89. The lowest BCUT2D eigenvalue weighted by molar-refractivity contribution is 0.306. The number of anilines is 1. The molecule has 0 amide bonds. The lowest BCUT2D eigenvalue weighted by Gasteiger charge is -2.07. The molecule has 0 saturated heterocycles. The van der Waals surface area contributed by atoms with E-state index in [-0.39, 0.29) is 0 Å². The fourth-order valence-corrected chi connectivity index (χ4v) is 2.52. The van der Waals surface area contributed by atoms with Crippen molar-refractivity contribution in [2.24, 2.45) is 5.10 Å². The standard InChI is InChI=1S/C22H21N3OS/c1-17-7-11-20(12-8-17)24-22(27)25-23-15-18-9-13-21(14-10-18)26-16-19-5-3-2-4-6-19/h2-15H,16H2,1H3,(H2,24,25,27)/b23-15-. The molecule has 0 spiro atoms. The third kappa shape index (κ3) is 6.24. The van der Waals surface area contributed by atoms with Crippen molar-refractivity contribution < 1.29 is 4.74 Å². The minimum atomic E-state index is 0.443. The monoisotopic (exact) mass is 375 g/mol. The molecule has 2 N–H and O–H groups in total. The number of hydrazone groups is 1. The van der Waals surface area contributed by atoms with Gasteiger partial charge in [0.1, 0.15) is 12.4 Å². The Kier molecular flexibility index (Phi) is 6.55. The molecule has 0 fully saturated rings. The second kappa shape index (κ2) is 9.50. The molecule has 3 aromatic carbocycles. The number of hydrogen-bond donors (Lipinski definition) is 2. The van der Waals surface area contributed by atoms with Gasteiger partial charge in [-0.25, -0.2) is 0 Å². The fourth-order valence-electron chi connectivity index (χ4n) is 2.35. The van der Waals surface area contributed by atoms with E-state index in [1.807, 2.05) is 85.8 Å². The van der Waals surface area contributed by atoms with Crippen LogP contribution in [-0.4, -0.2) is 11.3 Å². The Hall–Kier alpha value is -3.18. The van der Waals surface area contributed by atoms with Crippen LogP contribution in [0.4, 0.5) is 5.69 Å². The van der Waals surface area contributed by atoms with Crippen LogP contribution in [0.1, 0.15) is 16.7 Å². The Morgan fingerprint density at radius 1 is 0.963 bits per heavy atom. The first-order valence-electron chi connectivity index (χ1n) is 8.62. The SMILES string of the molecule is Cc1ccc(NC(=S)N/N=C\c2ccc(OCc3ccccc3)cc2)cc1. The van der Waals surface area contributed by atoms with Gasteiger partial charge in [-0.2, -0.15) is 5.10 Å². The second-order valence-corrected chi connectivity index (χ2v) is 6.44. The summed E-state index contributed by atoms with van der Waals surface area (Å²) in [6.07, 6.45) is 1.71. The second-order valence-electron chi connectivity index (χ2n) is 6.03. The highest BCUT2D eigenvalue weighted by Crippen LogP contribution is 2.13. The Morgan fingerprint density at radius 2 is 1.67 bits per heavy atom. The van der Waals surface area contributed by atoms with E-state index in [0.29, 0.717) is 11.7 Å². The summed E-state index contributed by atoms with van der Waals surface area (Å²) in [5.41, 5.74) is 7.03. The molecular weight excluding hydrogens is 354 g/mol. The molecule has 136 valence electrons. The summed E-state index contributed by atoms with van der Waals surface area (Å²) >= 11 is 5.23. The maximum atomic E-state index is 5.77. The van der Waals surface area contributed by atoms with Crippen molar-refractivity contribution in [2.75, 3.05) is 5.32 Å². The summed E-state index contributed by atoms with van der Waals surface area (Å²) in [5, 5.41) is 7.68. The average Bonchev–Trinajstić information content (AvgIpc) is 2.70. The van der Waals surface area contributed by atoms with Gasteiger partial charge < -0.3 is 10.1 Å². The van der Waals surface area contributed by atoms with Crippen molar-refractivity contribution in [3.05, 3.63) is 95.6 Å². The van der Waals surface area contributed by atoms with E-state index in [1.165, 1.54) is 5.56 Å². The normalized spacial score (nSPS) is 10.6. The lowest BCUT2D eigenvalue weighted by Crippen LogP contribution is -2.23. The number of aryl methyl sites for hydroxylation is 1. The van der Waals surface area contributed by atoms with E-state index in [1.54, 1.807) is 6.21 Å². The van der Waals surface area contributed by atoms with E-state index in [2.05, 4.69) is 15.8 Å². The molecule has 0 aliphatic carbocycles. The Morgan fingerprint density at radius 3 is 2.37 bits per heavy atom. The first-order valence-corrected chi connectivity index (χ1v) is 9.03. The third-order valence-electron chi connectivity index (χ3n) is 3.82. The van der Waals surface area contributed by atoms with Gasteiger partial charge in [0.25, 0.3) is 0 Å². The van der Waals surface area contributed by atoms with Crippen molar-refractivity contribution >= 4 is 29.2 Å². The van der Waals surface area contributed by atoms with Crippen molar-refractivity contribution in [3.63, 3.8) is 0 Å². The fraction of sp³-hybridized carbons (Fsp3) is 0.0909. The summed E-state index contributed by atoms with van der Waals surface area (Å²) in [7, 11) is 0. The van der Waals surface area contributed by atoms with Crippen LogP contribution >= 0.6 is 12.2 Å². The molecule has 0 aliphatic heterocycles. The minimum absolute atomic E-state index is 0.443. The summed E-state index contributed by atoms with van der Waals surface area (Å²) < 4.78 is 5.77. The molecule has 0 saturated carbocycles. The van der Waals surface area contributed by atoms with Crippen LogP contribution in [0, 0.1) is 6.92 Å². The van der Waals surface area contributed by atoms with Crippen LogP contribution in [0.2, 0.25) is 0 Å². The molecule has 5 heteroatoms. The van der Waals surface area contributed by atoms with Crippen LogP contribution in [0.3, 0.4) is 0 Å². The minimum Gasteiger partial charge on any atom is -0.489 e. The number of hydrogen-bond acceptors (Lipinski definition) is 3. The maximum Gasteiger partial charge on any atom is 0.191 e. The summed E-state index contributed by atoms with van der Waals surface area (Å²) in [6, 6.07) is 25.8. The van der Waals surface area contributed by atoms with Crippen LogP contribution in [0.15, 0.2) is 84.0 Å². The average molecular weight is 375 g/mol. The molecule has 4 nitrogen and oxygen atoms in total. The third-order valence-corrected chi connectivity index (χ3v) is 4.01. The predicted molar refractivity (Wildman–Crippen MR) is 115 cm³/mol. The lowest BCUT2D eigenvalue weighted by atomic mass is 10.2. The van der Waals surface area contributed by atoms with Gasteiger partial charge in [0.05, 0.1) is 6.21 Å². The molecule has 0 heterocycles. The largest absolute Gasteiger partial charge is 0.489 e. The van der Waals surface area contributed by atoms with E-state index in [0.717, 1.165) is 22.6 Å². The van der Waals surface area contributed by atoms with Gasteiger partial charge in [0.15, 0.2) is 5.11 Å². The first kappa shape index (κ1) is 18.6. The molecule has 27 heavy (non-hydrogen) atoms. The van der Waals surface area contributed by atoms with Gasteiger partial charge >= 0.3 is 0 Å². The van der Waals surface area contributed by atoms with Gasteiger partial charge in [0.2, 0.25) is 0 Å². The zero-order chi connectivity index (χ0) is 18.9. The number of benzene rings is 3.